The predicted octanol–water partition coefficient (Wildman–Crippen LogP) is 1.48. The van der Waals surface area contributed by atoms with E-state index in [1.165, 1.54) is 7.11 Å². The van der Waals surface area contributed by atoms with E-state index in [1.807, 2.05) is 0 Å². The third-order valence-electron chi connectivity index (χ3n) is 3.53. The molecular weight excluding hydrogens is 258 g/mol. The number of hydrogen-bond acceptors (Lipinski definition) is 5. The Kier molecular flexibility index (Phi) is 3.64. The second-order valence-corrected chi connectivity index (χ2v) is 5.03. The Labute approximate surface area is 116 Å². The molecule has 1 atom stereocenters. The van der Waals surface area contributed by atoms with Gasteiger partial charge in [0, 0.05) is 25.8 Å². The van der Waals surface area contributed by atoms with E-state index in [1.54, 1.807) is 22.8 Å². The number of nitrogens with zero attached hydrogens (tertiary/aromatic N) is 3. The van der Waals surface area contributed by atoms with Crippen molar-refractivity contribution in [2.24, 2.45) is 5.92 Å². The Morgan fingerprint density at radius 2 is 2.50 bits per heavy atom. The lowest BCUT2D eigenvalue weighted by molar-refractivity contribution is 0.0543. The van der Waals surface area contributed by atoms with Gasteiger partial charge in [-0.1, -0.05) is 0 Å². The molecule has 2 aromatic rings. The minimum absolute atomic E-state index is 0.363. The lowest BCUT2D eigenvalue weighted by Crippen LogP contribution is -2.19. The van der Waals surface area contributed by atoms with Crippen LogP contribution in [0.5, 0.6) is 0 Å². The molecule has 0 aliphatic carbocycles. The van der Waals surface area contributed by atoms with Crippen LogP contribution in [0, 0.1) is 5.92 Å². The molecule has 6 nitrogen and oxygen atoms in total. The minimum Gasteiger partial charge on any atom is -0.465 e. The van der Waals surface area contributed by atoms with Crippen molar-refractivity contribution in [1.82, 2.24) is 14.6 Å². The smallest absolute Gasteiger partial charge is 0.338 e. The van der Waals surface area contributed by atoms with Gasteiger partial charge in [-0.15, -0.1) is 0 Å². The maximum absolute atomic E-state index is 11.5. The van der Waals surface area contributed by atoms with Crippen molar-refractivity contribution in [3.63, 3.8) is 0 Å². The van der Waals surface area contributed by atoms with Crippen molar-refractivity contribution in [1.29, 1.82) is 0 Å². The Morgan fingerprint density at radius 1 is 1.60 bits per heavy atom. The molecule has 106 valence electrons. The molecule has 0 spiro atoms. The predicted molar refractivity (Wildman–Crippen MR) is 71.6 cm³/mol. The molecule has 0 aromatic carbocycles. The number of aromatic nitrogens is 3. The molecule has 3 heterocycles. The summed E-state index contributed by atoms with van der Waals surface area (Å²) in [7, 11) is 1.37. The van der Waals surface area contributed by atoms with Crippen molar-refractivity contribution in [3.8, 4) is 0 Å². The van der Waals surface area contributed by atoms with E-state index in [-0.39, 0.29) is 5.97 Å². The second kappa shape index (κ2) is 5.58. The summed E-state index contributed by atoms with van der Waals surface area (Å²) in [5.74, 6) is 0.918. The minimum atomic E-state index is -0.363. The molecule has 1 aliphatic heterocycles. The van der Waals surface area contributed by atoms with Crippen molar-refractivity contribution in [3.05, 3.63) is 29.7 Å². The Balaban J connectivity index is 1.81. The molecule has 0 bridgehead atoms. The summed E-state index contributed by atoms with van der Waals surface area (Å²) in [4.78, 5) is 16.0. The van der Waals surface area contributed by atoms with E-state index in [0.717, 1.165) is 38.3 Å². The van der Waals surface area contributed by atoms with Crippen LogP contribution < -0.4 is 0 Å². The number of pyridine rings is 1. The number of hydrogen-bond donors (Lipinski definition) is 0. The molecule has 3 rings (SSSR count). The molecule has 1 aliphatic rings. The van der Waals surface area contributed by atoms with Gasteiger partial charge in [0.05, 0.1) is 12.7 Å². The van der Waals surface area contributed by atoms with Crippen molar-refractivity contribution in [2.75, 3.05) is 20.3 Å². The van der Waals surface area contributed by atoms with E-state index < -0.39 is 0 Å². The lowest BCUT2D eigenvalue weighted by atomic mass is 9.98. The van der Waals surface area contributed by atoms with Gasteiger partial charge < -0.3 is 9.47 Å². The zero-order chi connectivity index (χ0) is 13.9. The number of carbonyl (C=O) groups excluding carboxylic acids is 1. The van der Waals surface area contributed by atoms with Crippen LogP contribution in [-0.4, -0.2) is 40.9 Å². The van der Waals surface area contributed by atoms with Crippen LogP contribution in [0.4, 0.5) is 0 Å². The standard InChI is InChI=1S/C14H17N3O3/c1-19-14(18)11-4-5-17-13(8-11)15-12(16-17)7-10-3-2-6-20-9-10/h4-5,8,10H,2-3,6-7,9H2,1H3. The highest BCUT2D eigenvalue weighted by molar-refractivity contribution is 5.90. The molecule has 20 heavy (non-hydrogen) atoms. The third-order valence-corrected chi connectivity index (χ3v) is 3.53. The van der Waals surface area contributed by atoms with E-state index >= 15 is 0 Å². The van der Waals surface area contributed by atoms with Crippen LogP contribution >= 0.6 is 0 Å². The quantitative estimate of drug-likeness (QED) is 0.794. The Morgan fingerprint density at radius 3 is 3.25 bits per heavy atom. The molecular formula is C14H17N3O3. The largest absolute Gasteiger partial charge is 0.465 e. The summed E-state index contributed by atoms with van der Waals surface area (Å²) in [6.07, 6.45) is 4.80. The van der Waals surface area contributed by atoms with E-state index in [4.69, 9.17) is 9.47 Å². The molecule has 2 aromatic heterocycles. The summed E-state index contributed by atoms with van der Waals surface area (Å²) in [6.45, 7) is 1.64. The monoisotopic (exact) mass is 275 g/mol. The topological polar surface area (TPSA) is 65.7 Å². The first kappa shape index (κ1) is 13.1. The summed E-state index contributed by atoms with van der Waals surface area (Å²) in [5, 5.41) is 4.43. The maximum atomic E-state index is 11.5. The third kappa shape index (κ3) is 2.65. The van der Waals surface area contributed by atoms with Gasteiger partial charge >= 0.3 is 5.97 Å². The maximum Gasteiger partial charge on any atom is 0.338 e. The molecule has 1 fully saturated rings. The van der Waals surface area contributed by atoms with E-state index in [9.17, 15) is 4.79 Å². The molecule has 1 saturated heterocycles. The summed E-state index contributed by atoms with van der Waals surface area (Å²) >= 11 is 0. The molecule has 0 radical (unpaired) electrons. The van der Waals surface area contributed by atoms with Crippen molar-refractivity contribution < 1.29 is 14.3 Å². The van der Waals surface area contributed by atoms with Crippen LogP contribution in [-0.2, 0) is 15.9 Å². The van der Waals surface area contributed by atoms with Crippen LogP contribution in [0.25, 0.3) is 5.65 Å². The number of methoxy groups -OCH3 is 1. The fraction of sp³-hybridized carbons (Fsp3) is 0.500. The fourth-order valence-corrected chi connectivity index (χ4v) is 2.49. The number of esters is 1. The first-order valence-electron chi connectivity index (χ1n) is 6.77. The SMILES string of the molecule is COC(=O)c1ccn2nc(CC3CCCOC3)nc2c1. The lowest BCUT2D eigenvalue weighted by Gasteiger charge is -2.20. The second-order valence-electron chi connectivity index (χ2n) is 5.03. The van der Waals surface area contributed by atoms with Crippen molar-refractivity contribution >= 4 is 11.6 Å². The van der Waals surface area contributed by atoms with Gasteiger partial charge in [0.2, 0.25) is 0 Å². The van der Waals surface area contributed by atoms with Gasteiger partial charge in [0.15, 0.2) is 11.5 Å². The molecule has 0 saturated carbocycles. The highest BCUT2D eigenvalue weighted by Crippen LogP contribution is 2.18. The van der Waals surface area contributed by atoms with Crippen LogP contribution in [0.15, 0.2) is 18.3 Å². The highest BCUT2D eigenvalue weighted by Gasteiger charge is 2.17. The molecule has 1 unspecified atom stereocenters. The highest BCUT2D eigenvalue weighted by atomic mass is 16.5. The van der Waals surface area contributed by atoms with Crippen LogP contribution in [0.2, 0.25) is 0 Å². The summed E-state index contributed by atoms with van der Waals surface area (Å²) in [5.41, 5.74) is 1.15. The average molecular weight is 275 g/mol. The fourth-order valence-electron chi connectivity index (χ4n) is 2.49. The summed E-state index contributed by atoms with van der Waals surface area (Å²) < 4.78 is 11.9. The molecule has 6 heteroatoms. The van der Waals surface area contributed by atoms with Crippen molar-refractivity contribution in [2.45, 2.75) is 19.3 Å². The Hall–Kier alpha value is -1.95. The average Bonchev–Trinajstić information content (AvgIpc) is 2.88. The first-order valence-corrected chi connectivity index (χ1v) is 6.77. The molecule has 0 amide bonds. The van der Waals surface area contributed by atoms with E-state index in [2.05, 4.69) is 10.1 Å². The van der Waals surface area contributed by atoms with Gasteiger partial charge in [0.1, 0.15) is 0 Å². The van der Waals surface area contributed by atoms with Crippen LogP contribution in [0.1, 0.15) is 29.0 Å². The normalized spacial score (nSPS) is 19.1. The zero-order valence-electron chi connectivity index (χ0n) is 11.4. The van der Waals surface area contributed by atoms with Gasteiger partial charge in [-0.05, 0) is 30.9 Å². The van der Waals surface area contributed by atoms with Gasteiger partial charge in [0.25, 0.3) is 0 Å². The number of carbonyl (C=O) groups is 1. The number of ether oxygens (including phenoxy) is 2. The Bertz CT molecular complexity index is 617. The van der Waals surface area contributed by atoms with Crippen LogP contribution in [0.3, 0.4) is 0 Å². The van der Waals surface area contributed by atoms with Gasteiger partial charge in [-0.3, -0.25) is 0 Å². The van der Waals surface area contributed by atoms with Gasteiger partial charge in [-0.2, -0.15) is 5.10 Å². The number of fused-ring (bicyclic) bond motifs is 1. The summed E-state index contributed by atoms with van der Waals surface area (Å²) in [6, 6.07) is 3.38. The zero-order valence-corrected chi connectivity index (χ0v) is 11.4. The number of rotatable bonds is 3. The van der Waals surface area contributed by atoms with Gasteiger partial charge in [-0.25, -0.2) is 14.3 Å². The first-order chi connectivity index (χ1) is 9.76. The van der Waals surface area contributed by atoms with E-state index in [0.29, 0.717) is 17.1 Å². The molecule has 0 N–H and O–H groups in total.